The van der Waals surface area contributed by atoms with Gasteiger partial charge in [-0.3, -0.25) is 4.57 Å². The zero-order chi connectivity index (χ0) is 19.5. The minimum atomic E-state index is -0.647. The molecule has 5 rings (SSSR count). The molecule has 2 N–H and O–H groups in total. The summed E-state index contributed by atoms with van der Waals surface area (Å²) < 4.78 is 26.4. The van der Waals surface area contributed by atoms with E-state index in [9.17, 15) is 0 Å². The molecule has 2 aliphatic heterocycles. The highest BCUT2D eigenvalue weighted by molar-refractivity contribution is 5.82. The van der Waals surface area contributed by atoms with Crippen LogP contribution in [0.2, 0.25) is 0 Å². The fourth-order valence-corrected chi connectivity index (χ4v) is 4.52. The van der Waals surface area contributed by atoms with Crippen molar-refractivity contribution in [2.75, 3.05) is 5.73 Å². The summed E-state index contributed by atoms with van der Waals surface area (Å²) in [5.74, 6) is -0.339. The Labute approximate surface area is 163 Å². The van der Waals surface area contributed by atoms with Gasteiger partial charge in [-0.25, -0.2) is 4.98 Å². The van der Waals surface area contributed by atoms with Gasteiger partial charge in [-0.1, -0.05) is 6.92 Å². The van der Waals surface area contributed by atoms with E-state index in [1.807, 2.05) is 18.4 Å². The maximum absolute atomic E-state index is 6.27. The average Bonchev–Trinajstić information content (AvgIpc) is 3.39. The van der Waals surface area contributed by atoms with Crippen LogP contribution in [0.5, 0.6) is 6.01 Å². The summed E-state index contributed by atoms with van der Waals surface area (Å²) in [6, 6.07) is 0.296. The Morgan fingerprint density at radius 3 is 2.71 bits per heavy atom. The summed E-state index contributed by atoms with van der Waals surface area (Å²) in [6.45, 7) is 5.93. The second kappa shape index (κ2) is 6.53. The van der Waals surface area contributed by atoms with Gasteiger partial charge in [0.2, 0.25) is 0 Å². The molecule has 9 nitrogen and oxygen atoms in total. The van der Waals surface area contributed by atoms with Crippen LogP contribution in [-0.2, 0) is 14.2 Å². The Hall–Kier alpha value is -1.97. The molecule has 4 heterocycles. The highest BCUT2D eigenvalue weighted by Gasteiger charge is 2.55. The lowest BCUT2D eigenvalue weighted by Gasteiger charge is -2.24. The minimum absolute atomic E-state index is 0.0531. The third kappa shape index (κ3) is 2.92. The van der Waals surface area contributed by atoms with Crippen molar-refractivity contribution in [3.63, 3.8) is 0 Å². The molecule has 0 spiro atoms. The van der Waals surface area contributed by atoms with Crippen LogP contribution >= 0.6 is 0 Å². The molecule has 1 aliphatic carbocycles. The second-order valence-corrected chi connectivity index (χ2v) is 8.28. The molecule has 2 aromatic rings. The predicted molar refractivity (Wildman–Crippen MR) is 101 cm³/mol. The number of aromatic nitrogens is 4. The van der Waals surface area contributed by atoms with Gasteiger partial charge in [0.05, 0.1) is 12.4 Å². The maximum atomic E-state index is 6.27. The van der Waals surface area contributed by atoms with E-state index in [4.69, 9.17) is 24.7 Å². The van der Waals surface area contributed by atoms with Crippen molar-refractivity contribution in [1.29, 1.82) is 0 Å². The van der Waals surface area contributed by atoms with E-state index in [1.165, 1.54) is 12.8 Å². The molecule has 9 heteroatoms. The van der Waals surface area contributed by atoms with E-state index in [-0.39, 0.29) is 24.4 Å². The SMILES string of the molecule is CCC1O[C@H](n2cnc3c(N)nc(OC4CCCC4)nc32)[C@@H]2OC(C)(C)O[C@H]12. The Balaban J connectivity index is 1.51. The van der Waals surface area contributed by atoms with Crippen LogP contribution in [0, 0.1) is 0 Å². The largest absolute Gasteiger partial charge is 0.460 e. The standard InChI is InChI=1S/C19H27N5O4/c1-4-11-13-14(28-19(2,3)27-13)17(26-11)24-9-21-12-15(20)22-18(23-16(12)24)25-10-7-5-6-8-10/h9-11,13-14,17H,4-8H2,1-3H3,(H2,20,22,23)/t11?,13-,14-,17+/m1/s1. The lowest BCUT2D eigenvalue weighted by Crippen LogP contribution is -2.28. The van der Waals surface area contributed by atoms with E-state index >= 15 is 0 Å². The number of imidazole rings is 1. The number of nitrogens with zero attached hydrogens (tertiary/aromatic N) is 4. The summed E-state index contributed by atoms with van der Waals surface area (Å²) in [6.07, 6.45) is 6.23. The first-order chi connectivity index (χ1) is 13.4. The highest BCUT2D eigenvalue weighted by atomic mass is 16.8. The Morgan fingerprint density at radius 1 is 1.21 bits per heavy atom. The molecule has 28 heavy (non-hydrogen) atoms. The third-order valence-corrected chi connectivity index (χ3v) is 5.80. The first kappa shape index (κ1) is 18.1. The molecular formula is C19H27N5O4. The van der Waals surface area contributed by atoms with Crippen molar-refractivity contribution in [1.82, 2.24) is 19.5 Å². The zero-order valence-corrected chi connectivity index (χ0v) is 16.5. The quantitative estimate of drug-likeness (QED) is 0.850. The van der Waals surface area contributed by atoms with Gasteiger partial charge in [0.1, 0.15) is 18.3 Å². The summed E-state index contributed by atoms with van der Waals surface area (Å²) in [5.41, 5.74) is 7.27. The molecule has 152 valence electrons. The van der Waals surface area contributed by atoms with Crippen LogP contribution in [0.1, 0.15) is 59.1 Å². The van der Waals surface area contributed by atoms with Crippen LogP contribution in [-0.4, -0.2) is 49.7 Å². The molecule has 0 bridgehead atoms. The Morgan fingerprint density at radius 2 is 1.96 bits per heavy atom. The van der Waals surface area contributed by atoms with Crippen LogP contribution < -0.4 is 10.5 Å². The monoisotopic (exact) mass is 389 g/mol. The highest BCUT2D eigenvalue weighted by Crippen LogP contribution is 2.44. The fourth-order valence-electron chi connectivity index (χ4n) is 4.52. The second-order valence-electron chi connectivity index (χ2n) is 8.28. The number of rotatable bonds is 4. The van der Waals surface area contributed by atoms with Gasteiger partial charge in [0.15, 0.2) is 29.0 Å². The molecule has 3 aliphatic rings. The molecule has 2 saturated heterocycles. The Kier molecular flexibility index (Phi) is 4.22. The zero-order valence-electron chi connectivity index (χ0n) is 16.5. The first-order valence-electron chi connectivity index (χ1n) is 10.1. The number of nitrogens with two attached hydrogens (primary N) is 1. The normalized spacial score (nSPS) is 32.2. The van der Waals surface area contributed by atoms with Gasteiger partial charge >= 0.3 is 6.01 Å². The average molecular weight is 389 g/mol. The maximum Gasteiger partial charge on any atom is 0.320 e. The van der Waals surface area contributed by atoms with Crippen LogP contribution in [0.25, 0.3) is 11.2 Å². The van der Waals surface area contributed by atoms with Crippen molar-refractivity contribution in [3.8, 4) is 6.01 Å². The van der Waals surface area contributed by atoms with Gasteiger partial charge in [-0.05, 0) is 46.0 Å². The smallest absolute Gasteiger partial charge is 0.320 e. The molecule has 0 amide bonds. The van der Waals surface area contributed by atoms with Crippen molar-refractivity contribution in [3.05, 3.63) is 6.33 Å². The van der Waals surface area contributed by atoms with E-state index in [0.717, 1.165) is 19.3 Å². The first-order valence-corrected chi connectivity index (χ1v) is 10.1. The van der Waals surface area contributed by atoms with Crippen molar-refractivity contribution >= 4 is 17.0 Å². The molecular weight excluding hydrogens is 362 g/mol. The van der Waals surface area contributed by atoms with Crippen LogP contribution in [0.15, 0.2) is 6.33 Å². The number of hydrogen-bond acceptors (Lipinski definition) is 8. The number of hydrogen-bond donors (Lipinski definition) is 1. The molecule has 0 radical (unpaired) electrons. The number of ether oxygens (including phenoxy) is 4. The lowest BCUT2D eigenvalue weighted by molar-refractivity contribution is -0.196. The number of fused-ring (bicyclic) bond motifs is 2. The van der Waals surface area contributed by atoms with E-state index in [1.54, 1.807) is 6.33 Å². The third-order valence-electron chi connectivity index (χ3n) is 5.80. The van der Waals surface area contributed by atoms with E-state index in [2.05, 4.69) is 21.9 Å². The molecule has 2 aromatic heterocycles. The van der Waals surface area contributed by atoms with Crippen LogP contribution in [0.3, 0.4) is 0 Å². The van der Waals surface area contributed by atoms with Crippen LogP contribution in [0.4, 0.5) is 5.82 Å². The number of anilines is 1. The van der Waals surface area contributed by atoms with Gasteiger partial charge in [-0.2, -0.15) is 9.97 Å². The minimum Gasteiger partial charge on any atom is -0.460 e. The summed E-state index contributed by atoms with van der Waals surface area (Å²) >= 11 is 0. The lowest BCUT2D eigenvalue weighted by atomic mass is 10.1. The van der Waals surface area contributed by atoms with Gasteiger partial charge < -0.3 is 24.7 Å². The topological polar surface area (TPSA) is 107 Å². The summed E-state index contributed by atoms with van der Waals surface area (Å²) in [7, 11) is 0. The van der Waals surface area contributed by atoms with Gasteiger partial charge in [0, 0.05) is 0 Å². The fraction of sp³-hybridized carbons (Fsp3) is 0.737. The van der Waals surface area contributed by atoms with Gasteiger partial charge in [-0.15, -0.1) is 0 Å². The molecule has 3 fully saturated rings. The molecule has 4 atom stereocenters. The number of nitrogen functional groups attached to an aromatic ring is 1. The predicted octanol–water partition coefficient (Wildman–Crippen LogP) is 2.56. The summed E-state index contributed by atoms with van der Waals surface area (Å²) in [4.78, 5) is 13.3. The van der Waals surface area contributed by atoms with Crippen molar-refractivity contribution < 1.29 is 18.9 Å². The molecule has 1 saturated carbocycles. The van der Waals surface area contributed by atoms with E-state index < -0.39 is 12.0 Å². The van der Waals surface area contributed by atoms with Crippen molar-refractivity contribution in [2.45, 2.75) is 89.3 Å². The summed E-state index contributed by atoms with van der Waals surface area (Å²) in [5, 5.41) is 0. The van der Waals surface area contributed by atoms with Gasteiger partial charge in [0.25, 0.3) is 0 Å². The van der Waals surface area contributed by atoms with E-state index in [0.29, 0.717) is 23.0 Å². The Bertz CT molecular complexity index is 879. The molecule has 0 aromatic carbocycles. The van der Waals surface area contributed by atoms with Crippen molar-refractivity contribution in [2.24, 2.45) is 0 Å². The molecule has 1 unspecified atom stereocenters.